The molecule has 0 saturated heterocycles. The molecule has 3 N–H and O–H groups in total. The molecule has 26 heteroatoms. The molecule has 0 spiro atoms. The van der Waals surface area contributed by atoms with Crippen LogP contribution >= 0.6 is 69.6 Å². The molecule has 3 amide bonds. The van der Waals surface area contributed by atoms with Gasteiger partial charge < -0.3 is 57.4 Å². The molecular weight excluding hydrogens is 1610 g/mol. The number of H-pyrrole nitrogens is 3. The summed E-state index contributed by atoms with van der Waals surface area (Å²) in [4.78, 5) is 62.7. The highest BCUT2D eigenvalue weighted by molar-refractivity contribution is 6.32. The summed E-state index contributed by atoms with van der Waals surface area (Å²) < 4.78 is 47.6. The summed E-state index contributed by atoms with van der Waals surface area (Å²) in [5, 5.41) is 6.44. The number of carbonyl (C=O) groups is 3. The van der Waals surface area contributed by atoms with Crippen molar-refractivity contribution in [3.05, 3.63) is 300 Å². The smallest absolute Gasteiger partial charge is 0.416 e. The lowest BCUT2D eigenvalue weighted by Gasteiger charge is -2.35. The van der Waals surface area contributed by atoms with E-state index in [-0.39, 0.29) is 24.2 Å². The van der Waals surface area contributed by atoms with E-state index in [1.807, 2.05) is 169 Å². The molecule has 606 valence electrons. The van der Waals surface area contributed by atoms with E-state index in [0.717, 1.165) is 146 Å². The van der Waals surface area contributed by atoms with Crippen molar-refractivity contribution in [2.24, 2.45) is 0 Å². The van der Waals surface area contributed by atoms with Gasteiger partial charge in [0.2, 0.25) is 0 Å². The number of amides is 3. The van der Waals surface area contributed by atoms with Crippen molar-refractivity contribution in [3.63, 3.8) is 0 Å². The minimum Gasteiger partial charge on any atom is -0.494 e. The van der Waals surface area contributed by atoms with Crippen LogP contribution in [0.3, 0.4) is 0 Å². The van der Waals surface area contributed by atoms with Crippen LogP contribution in [0.5, 0.6) is 34.5 Å². The monoisotopic (exact) mass is 1690 g/mol. The number of carbonyl (C=O) groups excluding carboxylic acids is 3. The average Bonchev–Trinajstić information content (AvgIpc) is 1.62. The number of fused-ring (bicyclic) bond motifs is 9. The van der Waals surface area contributed by atoms with Gasteiger partial charge in [0.25, 0.3) is 0 Å². The zero-order valence-corrected chi connectivity index (χ0v) is 69.4. The molecule has 20 nitrogen and oxygen atoms in total. The van der Waals surface area contributed by atoms with Gasteiger partial charge in [-0.05, 0) is 230 Å². The SMILES string of the molecule is COCCN(CCCOc1ccc(C2c3[nH]c4ccc(Cl)cc4c3CCN2C(=O)Oc2ccc(Cl)cc2)cc1)CCOC.Cc1ccc(OC(=O)N2CCc3c([nH]c4ccc(Cl)cc34)C2c2ccc(OCCCCl)cc2)cc1.O=C(Oc1ccc(Cl)cc1)N1CCc2c([nH]c3ccc(Cl)cc23)C1c1ccc(OCCCn2ccnc2)cc1. The molecule has 7 heterocycles. The molecule has 3 unspecified atom stereocenters. The van der Waals surface area contributed by atoms with E-state index in [0.29, 0.717) is 120 Å². The van der Waals surface area contributed by atoms with Crippen LogP contribution in [0.4, 0.5) is 14.4 Å². The zero-order chi connectivity index (χ0) is 81.3. The predicted molar refractivity (Wildman–Crippen MR) is 462 cm³/mol. The van der Waals surface area contributed by atoms with Crippen LogP contribution in [0, 0.1) is 6.92 Å². The third-order valence-electron chi connectivity index (χ3n) is 20.9. The van der Waals surface area contributed by atoms with Crippen molar-refractivity contribution in [3.8, 4) is 34.5 Å². The van der Waals surface area contributed by atoms with Gasteiger partial charge in [0.1, 0.15) is 52.6 Å². The number of aromatic amines is 3. The maximum absolute atomic E-state index is 13.5. The maximum atomic E-state index is 13.5. The van der Waals surface area contributed by atoms with Crippen LogP contribution in [0.15, 0.2) is 219 Å². The highest BCUT2D eigenvalue weighted by atomic mass is 35.5. The average molecular weight is 1700 g/mol. The summed E-state index contributed by atoms with van der Waals surface area (Å²) in [6, 6.07) is 61.2. The van der Waals surface area contributed by atoms with Crippen molar-refractivity contribution in [1.82, 2.24) is 44.1 Å². The molecule has 3 atom stereocenters. The van der Waals surface area contributed by atoms with Crippen molar-refractivity contribution < 1.29 is 52.3 Å². The Morgan fingerprint density at radius 3 is 1.11 bits per heavy atom. The summed E-state index contributed by atoms with van der Waals surface area (Å²) in [5.41, 5.74) is 13.3. The Bertz CT molecular complexity index is 5470. The minimum absolute atomic E-state index is 0.334. The summed E-state index contributed by atoms with van der Waals surface area (Å²) in [6.45, 7) is 10.1. The van der Waals surface area contributed by atoms with E-state index in [2.05, 4.69) is 24.8 Å². The second-order valence-corrected chi connectivity index (χ2v) is 31.2. The van der Waals surface area contributed by atoms with Gasteiger partial charge in [-0.1, -0.05) is 112 Å². The van der Waals surface area contributed by atoms with Gasteiger partial charge in [0, 0.05) is 153 Å². The molecule has 0 saturated carbocycles. The number of rotatable bonds is 26. The van der Waals surface area contributed by atoms with Crippen molar-refractivity contribution in [2.75, 3.05) is 92.4 Å². The number of aromatic nitrogens is 5. The first-order valence-electron chi connectivity index (χ1n) is 38.9. The molecule has 117 heavy (non-hydrogen) atoms. The number of halogens is 6. The molecular formula is C91H89Cl6N9O11. The third-order valence-corrected chi connectivity index (χ3v) is 22.3. The Morgan fingerprint density at radius 2 is 0.761 bits per heavy atom. The van der Waals surface area contributed by atoms with Crippen LogP contribution < -0.4 is 28.4 Å². The van der Waals surface area contributed by atoms with E-state index in [9.17, 15) is 14.4 Å². The van der Waals surface area contributed by atoms with Gasteiger partial charge in [0.15, 0.2) is 0 Å². The third kappa shape index (κ3) is 20.8. The first-order valence-corrected chi connectivity index (χ1v) is 41.3. The van der Waals surface area contributed by atoms with E-state index in [1.54, 1.807) is 90.0 Å². The Balaban J connectivity index is 0.000000145. The van der Waals surface area contributed by atoms with Gasteiger partial charge in [0.05, 0.1) is 39.4 Å². The molecule has 13 aromatic rings. The summed E-state index contributed by atoms with van der Waals surface area (Å²) in [7, 11) is 3.43. The number of imidazole rings is 1. The second-order valence-electron chi connectivity index (χ2n) is 28.6. The number of alkyl halides is 1. The van der Waals surface area contributed by atoms with Gasteiger partial charge in [-0.2, -0.15) is 0 Å². The van der Waals surface area contributed by atoms with Gasteiger partial charge in [-0.3, -0.25) is 19.6 Å². The lowest BCUT2D eigenvalue weighted by molar-refractivity contribution is 0.110. The topological polar surface area (TPSA) is 203 Å². The van der Waals surface area contributed by atoms with Crippen molar-refractivity contribution in [2.45, 2.75) is 70.1 Å². The van der Waals surface area contributed by atoms with Gasteiger partial charge >= 0.3 is 18.3 Å². The number of benzene rings is 9. The van der Waals surface area contributed by atoms with Crippen molar-refractivity contribution in [1.29, 1.82) is 0 Å². The van der Waals surface area contributed by atoms with Crippen LogP contribution in [0.25, 0.3) is 32.7 Å². The van der Waals surface area contributed by atoms with Crippen LogP contribution in [0.1, 0.15) is 93.4 Å². The predicted octanol–water partition coefficient (Wildman–Crippen LogP) is 21.6. The van der Waals surface area contributed by atoms with Crippen molar-refractivity contribution >= 4 is 121 Å². The molecule has 0 bridgehead atoms. The number of nitrogens with one attached hydrogen (secondary N) is 3. The fourth-order valence-corrected chi connectivity index (χ4v) is 16.0. The molecule has 0 fully saturated rings. The Labute approximate surface area is 709 Å². The lowest BCUT2D eigenvalue weighted by Crippen LogP contribution is -2.42. The number of hydrogen-bond donors (Lipinski definition) is 3. The Hall–Kier alpha value is -10.4. The van der Waals surface area contributed by atoms with Crippen LogP contribution in [-0.4, -0.2) is 155 Å². The molecule has 16 rings (SSSR count). The minimum atomic E-state index is -0.429. The summed E-state index contributed by atoms with van der Waals surface area (Å²) in [6.07, 6.45) is 8.86. The zero-order valence-electron chi connectivity index (χ0n) is 64.9. The fraction of sp³-hybridized carbons (Fsp3) is 0.275. The standard InChI is InChI=1S/C33H37Cl2N3O5.C30H26Cl2N4O3.C28H26Cl2N2O3/c1-40-20-17-37(18-21-41-2)15-3-19-42-26-9-4-23(5-10-26)32-31-28(29-22-25(35)8-13-30(29)36-31)14-16-38(32)33(39)43-27-11-6-24(34)7-12-27;31-21-4-9-24(10-5-21)39-30(37)36-15-12-25-26-18-22(32)6-11-27(26)34-28(25)29(36)20-2-7-23(8-3-20)38-17-1-14-35-16-13-33-19-35;1-18-3-8-22(9-4-18)35-28(33)32-15-13-23-24-17-20(30)7-12-25(24)31-26(23)27(32)19-5-10-21(11-6-19)34-16-2-14-29/h4-13,22,32,36H,3,14-21H2,1-2H3;2-11,13,16,18-19,29,34H,1,12,14-15,17H2;3-12,17,27,31H,2,13-16H2,1H3. The quantitative estimate of drug-likeness (QED) is 0.0342. The molecule has 9 aromatic carbocycles. The van der Waals surface area contributed by atoms with E-state index in [4.69, 9.17) is 108 Å². The molecule has 3 aliphatic heterocycles. The number of ether oxygens (including phenoxy) is 8. The Morgan fingerprint density at radius 1 is 0.419 bits per heavy atom. The highest BCUT2D eigenvalue weighted by Crippen LogP contribution is 2.44. The molecule has 0 radical (unpaired) electrons. The maximum Gasteiger partial charge on any atom is 0.416 e. The Kier molecular flexibility index (Phi) is 28.2. The summed E-state index contributed by atoms with van der Waals surface area (Å²) in [5.74, 6) is 4.29. The molecule has 0 aliphatic carbocycles. The molecule has 3 aliphatic rings. The van der Waals surface area contributed by atoms with E-state index in [1.165, 1.54) is 5.56 Å². The van der Waals surface area contributed by atoms with Gasteiger partial charge in [-0.25, -0.2) is 19.4 Å². The molecule has 4 aromatic heterocycles. The largest absolute Gasteiger partial charge is 0.494 e. The normalized spacial score (nSPS) is 14.9. The first kappa shape index (κ1) is 83.1. The number of aryl methyl sites for hydroxylation is 2. The van der Waals surface area contributed by atoms with E-state index >= 15 is 0 Å². The van der Waals surface area contributed by atoms with E-state index < -0.39 is 12.2 Å². The number of hydrogen-bond acceptors (Lipinski definition) is 13. The second kappa shape index (κ2) is 39.7. The first-order chi connectivity index (χ1) is 57.0. The highest BCUT2D eigenvalue weighted by Gasteiger charge is 2.39. The van der Waals surface area contributed by atoms with Gasteiger partial charge in [-0.15, -0.1) is 11.6 Å². The van der Waals surface area contributed by atoms with Crippen LogP contribution in [-0.2, 0) is 35.3 Å². The number of nitrogens with zero attached hydrogens (tertiary/aromatic N) is 6. The fourth-order valence-electron chi connectivity index (χ4n) is 15.1. The number of methoxy groups -OCH3 is 2. The summed E-state index contributed by atoms with van der Waals surface area (Å²) >= 11 is 36.8. The lowest BCUT2D eigenvalue weighted by atomic mass is 9.92. The van der Waals surface area contributed by atoms with Crippen LogP contribution in [0.2, 0.25) is 25.1 Å².